The fraction of sp³-hybridized carbons (Fsp3) is 0.333. The lowest BCUT2D eigenvalue weighted by atomic mass is 10.3. The molecular formula is C12H19Cl2N5S. The molecule has 0 saturated heterocycles. The van der Waals surface area contributed by atoms with Crippen molar-refractivity contribution < 1.29 is 0 Å². The molecule has 20 heavy (non-hydrogen) atoms. The number of nitrogens with one attached hydrogen (secondary N) is 4. The Balaban J connectivity index is 0.00000180. The highest BCUT2D eigenvalue weighted by atomic mass is 35.5. The molecule has 112 valence electrons. The molecule has 5 nitrogen and oxygen atoms in total. The van der Waals surface area contributed by atoms with E-state index in [4.69, 9.17) is 5.41 Å². The third kappa shape index (κ3) is 5.48. The van der Waals surface area contributed by atoms with E-state index in [9.17, 15) is 0 Å². The molecule has 4 N–H and O–H groups in total. The van der Waals surface area contributed by atoms with Gasteiger partial charge in [0.1, 0.15) is 5.82 Å². The second-order valence-corrected chi connectivity index (χ2v) is 4.91. The predicted octanol–water partition coefficient (Wildman–Crippen LogP) is 2.38. The number of imidazole rings is 1. The van der Waals surface area contributed by atoms with E-state index < -0.39 is 0 Å². The van der Waals surface area contributed by atoms with Gasteiger partial charge in [0.2, 0.25) is 0 Å². The number of H-pyrrole nitrogens is 1. The molecule has 0 aliphatic carbocycles. The monoisotopic (exact) mass is 335 g/mol. The Morgan fingerprint density at radius 1 is 1.35 bits per heavy atom. The summed E-state index contributed by atoms with van der Waals surface area (Å²) in [7, 11) is 1.73. The Morgan fingerprint density at radius 3 is 2.80 bits per heavy atom. The van der Waals surface area contributed by atoms with Crippen LogP contribution in [0.1, 0.15) is 5.82 Å². The molecule has 0 bridgehead atoms. The van der Waals surface area contributed by atoms with Crippen molar-refractivity contribution in [3.8, 4) is 0 Å². The minimum absolute atomic E-state index is 0. The Bertz CT molecular complexity index is 498. The van der Waals surface area contributed by atoms with Crippen LogP contribution in [0, 0.1) is 5.41 Å². The molecule has 0 spiro atoms. The first-order valence-corrected chi connectivity index (χ1v) is 6.96. The van der Waals surface area contributed by atoms with Crippen LogP contribution in [0.25, 0.3) is 11.0 Å². The molecule has 0 unspecified atom stereocenters. The van der Waals surface area contributed by atoms with Gasteiger partial charge in [-0.25, -0.2) is 4.98 Å². The number of halogens is 2. The highest BCUT2D eigenvalue weighted by molar-refractivity contribution is 7.98. The van der Waals surface area contributed by atoms with Crippen LogP contribution in [-0.4, -0.2) is 35.3 Å². The van der Waals surface area contributed by atoms with Crippen LogP contribution in [0.15, 0.2) is 24.3 Å². The molecule has 0 radical (unpaired) electrons. The third-order valence-electron chi connectivity index (χ3n) is 2.48. The number of guanidine groups is 1. The molecule has 1 heterocycles. The molecule has 0 aliphatic heterocycles. The van der Waals surface area contributed by atoms with Crippen LogP contribution < -0.4 is 10.6 Å². The van der Waals surface area contributed by atoms with E-state index >= 15 is 0 Å². The largest absolute Gasteiger partial charge is 0.360 e. The second-order valence-electron chi connectivity index (χ2n) is 3.81. The number of aromatic amines is 1. The highest BCUT2D eigenvalue weighted by Crippen LogP contribution is 2.14. The van der Waals surface area contributed by atoms with Crippen LogP contribution >= 0.6 is 36.6 Å². The minimum Gasteiger partial charge on any atom is -0.360 e. The zero-order valence-electron chi connectivity index (χ0n) is 11.1. The first kappa shape index (κ1) is 18.9. The molecule has 2 aromatic rings. The predicted molar refractivity (Wildman–Crippen MR) is 91.5 cm³/mol. The molecule has 0 atom stereocenters. The quantitative estimate of drug-likeness (QED) is 0.384. The summed E-state index contributed by atoms with van der Waals surface area (Å²) < 4.78 is 0. The zero-order valence-corrected chi connectivity index (χ0v) is 13.6. The van der Waals surface area contributed by atoms with Gasteiger partial charge in [0.25, 0.3) is 0 Å². The van der Waals surface area contributed by atoms with E-state index in [2.05, 4.69) is 20.6 Å². The van der Waals surface area contributed by atoms with Crippen molar-refractivity contribution in [3.63, 3.8) is 0 Å². The molecule has 1 aromatic heterocycles. The van der Waals surface area contributed by atoms with Gasteiger partial charge < -0.3 is 15.6 Å². The minimum atomic E-state index is 0. The summed E-state index contributed by atoms with van der Waals surface area (Å²) >= 11 is 1.79. The van der Waals surface area contributed by atoms with Crippen molar-refractivity contribution in [2.75, 3.05) is 19.3 Å². The summed E-state index contributed by atoms with van der Waals surface area (Å²) in [5, 5.41) is 13.1. The van der Waals surface area contributed by atoms with Crippen molar-refractivity contribution in [2.24, 2.45) is 0 Å². The van der Waals surface area contributed by atoms with Crippen molar-refractivity contribution >= 4 is 53.6 Å². The summed E-state index contributed by atoms with van der Waals surface area (Å²) in [6.45, 7) is 0.782. The fourth-order valence-electron chi connectivity index (χ4n) is 1.58. The maximum Gasteiger partial charge on any atom is 0.188 e. The van der Waals surface area contributed by atoms with Crippen LogP contribution in [-0.2, 0) is 5.75 Å². The van der Waals surface area contributed by atoms with E-state index in [0.717, 1.165) is 34.9 Å². The SMILES string of the molecule is CNC(=N)NCCSCc1nc2ccccc2[nH]1.Cl.Cl. The average molecular weight is 336 g/mol. The van der Waals surface area contributed by atoms with Gasteiger partial charge in [0.05, 0.1) is 16.8 Å². The number of nitrogens with zero attached hydrogens (tertiary/aromatic N) is 1. The van der Waals surface area contributed by atoms with Crippen LogP contribution in [0.4, 0.5) is 0 Å². The second kappa shape index (κ2) is 9.74. The van der Waals surface area contributed by atoms with Crippen LogP contribution in [0.2, 0.25) is 0 Å². The smallest absolute Gasteiger partial charge is 0.188 e. The third-order valence-corrected chi connectivity index (χ3v) is 3.45. The number of hydrogen-bond acceptors (Lipinski definition) is 3. The molecule has 1 aromatic carbocycles. The number of thioether (sulfide) groups is 1. The number of hydrogen-bond donors (Lipinski definition) is 4. The summed E-state index contributed by atoms with van der Waals surface area (Å²) in [4.78, 5) is 7.81. The van der Waals surface area contributed by atoms with Gasteiger partial charge in [-0.3, -0.25) is 5.41 Å². The molecular weight excluding hydrogens is 317 g/mol. The lowest BCUT2D eigenvalue weighted by Crippen LogP contribution is -2.34. The van der Waals surface area contributed by atoms with E-state index in [0.29, 0.717) is 5.96 Å². The summed E-state index contributed by atoms with van der Waals surface area (Å²) in [6.07, 6.45) is 0. The van der Waals surface area contributed by atoms with Crippen molar-refractivity contribution in [1.29, 1.82) is 5.41 Å². The Kier molecular flexibility index (Phi) is 9.20. The van der Waals surface area contributed by atoms with Crippen molar-refractivity contribution in [2.45, 2.75) is 5.75 Å². The molecule has 0 amide bonds. The molecule has 0 fully saturated rings. The Hall–Kier alpha value is -1.11. The van der Waals surface area contributed by atoms with Gasteiger partial charge in [-0.1, -0.05) is 12.1 Å². The van der Waals surface area contributed by atoms with Crippen LogP contribution in [0.3, 0.4) is 0 Å². The summed E-state index contributed by atoms with van der Waals surface area (Å²) in [6, 6.07) is 8.04. The maximum atomic E-state index is 7.36. The van der Waals surface area contributed by atoms with E-state index in [-0.39, 0.29) is 24.8 Å². The number of aromatic nitrogens is 2. The zero-order chi connectivity index (χ0) is 12.8. The van der Waals surface area contributed by atoms with E-state index in [1.54, 1.807) is 18.8 Å². The number of rotatable bonds is 5. The topological polar surface area (TPSA) is 76.6 Å². The average Bonchev–Trinajstić information content (AvgIpc) is 2.80. The molecule has 0 aliphatic rings. The number of benzene rings is 1. The summed E-state index contributed by atoms with van der Waals surface area (Å²) in [5.41, 5.74) is 2.10. The first-order chi connectivity index (χ1) is 8.79. The van der Waals surface area contributed by atoms with Crippen LogP contribution in [0.5, 0.6) is 0 Å². The maximum absolute atomic E-state index is 7.36. The lowest BCUT2D eigenvalue weighted by Gasteiger charge is -2.05. The molecule has 0 saturated carbocycles. The van der Waals surface area contributed by atoms with E-state index in [1.165, 1.54) is 0 Å². The van der Waals surface area contributed by atoms with Gasteiger partial charge in [-0.2, -0.15) is 11.8 Å². The first-order valence-electron chi connectivity index (χ1n) is 5.81. The van der Waals surface area contributed by atoms with Gasteiger partial charge in [-0.15, -0.1) is 24.8 Å². The van der Waals surface area contributed by atoms with Gasteiger partial charge >= 0.3 is 0 Å². The Labute approximate surface area is 135 Å². The molecule has 2 rings (SSSR count). The molecule has 8 heteroatoms. The lowest BCUT2D eigenvalue weighted by molar-refractivity contribution is 0.906. The van der Waals surface area contributed by atoms with Gasteiger partial charge in [0.15, 0.2) is 5.96 Å². The normalized spacial score (nSPS) is 9.45. The Morgan fingerprint density at radius 2 is 2.10 bits per heavy atom. The van der Waals surface area contributed by atoms with Gasteiger partial charge in [0, 0.05) is 19.3 Å². The van der Waals surface area contributed by atoms with Crippen molar-refractivity contribution in [3.05, 3.63) is 30.1 Å². The number of para-hydroxylation sites is 2. The van der Waals surface area contributed by atoms with E-state index in [1.807, 2.05) is 24.3 Å². The summed E-state index contributed by atoms with van der Waals surface area (Å²) in [5.74, 6) is 3.17. The highest BCUT2D eigenvalue weighted by Gasteiger charge is 2.01. The van der Waals surface area contributed by atoms with Gasteiger partial charge in [-0.05, 0) is 12.1 Å². The standard InChI is InChI=1S/C12H17N5S.2ClH/c1-14-12(13)15-6-7-18-8-11-16-9-4-2-3-5-10(9)17-11;;/h2-5H,6-8H2,1H3,(H,16,17)(H3,13,14,15);2*1H. The fourth-order valence-corrected chi connectivity index (χ4v) is 2.30. The van der Waals surface area contributed by atoms with Crippen molar-refractivity contribution in [1.82, 2.24) is 20.6 Å². The number of fused-ring (bicyclic) bond motifs is 1.